The van der Waals surface area contributed by atoms with Crippen molar-refractivity contribution in [3.63, 3.8) is 0 Å². The molecule has 2 amide bonds. The topological polar surface area (TPSA) is 76.0 Å². The second-order valence-electron chi connectivity index (χ2n) is 5.68. The zero-order valence-corrected chi connectivity index (χ0v) is 14.3. The minimum Gasteiger partial charge on any atom is -0.326 e. The number of amides is 2. The molecule has 0 saturated heterocycles. The van der Waals surface area contributed by atoms with Gasteiger partial charge in [-0.2, -0.15) is 0 Å². The van der Waals surface area contributed by atoms with E-state index in [4.69, 9.17) is 23.2 Å². The van der Waals surface area contributed by atoms with E-state index in [0.717, 1.165) is 11.0 Å². The van der Waals surface area contributed by atoms with E-state index in [9.17, 15) is 9.59 Å². The molecule has 0 aliphatic carbocycles. The maximum absolute atomic E-state index is 12.4. The van der Waals surface area contributed by atoms with Gasteiger partial charge in [0.15, 0.2) is 0 Å². The molecule has 4 rings (SSSR count). The lowest BCUT2D eigenvalue weighted by atomic mass is 10.1. The molecule has 2 aromatic carbocycles. The zero-order valence-electron chi connectivity index (χ0n) is 12.8. The summed E-state index contributed by atoms with van der Waals surface area (Å²) in [5.41, 5.74) is 2.10. The van der Waals surface area contributed by atoms with E-state index >= 15 is 0 Å². The highest BCUT2D eigenvalue weighted by Gasteiger charge is 2.34. The van der Waals surface area contributed by atoms with Crippen molar-refractivity contribution in [3.8, 4) is 0 Å². The quantitative estimate of drug-likeness (QED) is 0.730. The predicted molar refractivity (Wildman–Crippen MR) is 97.1 cm³/mol. The fraction of sp³-hybridized carbons (Fsp3) is 0.118. The molecule has 0 bridgehead atoms. The van der Waals surface area contributed by atoms with Gasteiger partial charge in [0, 0.05) is 5.69 Å². The minimum atomic E-state index is -0.648. The maximum Gasteiger partial charge on any atom is 0.250 e. The summed E-state index contributed by atoms with van der Waals surface area (Å²) >= 11 is 11.8. The summed E-state index contributed by atoms with van der Waals surface area (Å²) < 4.78 is 1.76. The smallest absolute Gasteiger partial charge is 0.250 e. The Balaban J connectivity index is 1.57. The van der Waals surface area contributed by atoms with E-state index in [2.05, 4.69) is 15.6 Å². The van der Waals surface area contributed by atoms with Crippen molar-refractivity contribution in [2.24, 2.45) is 0 Å². The third-order valence-corrected chi connectivity index (χ3v) is 4.77. The molecule has 3 aromatic rings. The maximum atomic E-state index is 12.4. The molecule has 126 valence electrons. The molecule has 6 nitrogen and oxygen atoms in total. The summed E-state index contributed by atoms with van der Waals surface area (Å²) in [6.45, 7) is 0. The van der Waals surface area contributed by atoms with Crippen molar-refractivity contribution in [1.29, 1.82) is 0 Å². The first kappa shape index (κ1) is 15.9. The molecular formula is C17H12Cl2N4O2. The molecule has 2 heterocycles. The minimum absolute atomic E-state index is 0.0145. The molecule has 0 radical (unpaired) electrons. The predicted octanol–water partition coefficient (Wildman–Crippen LogP) is 3.87. The Bertz CT molecular complexity index is 1020. The lowest BCUT2D eigenvalue weighted by Crippen LogP contribution is -2.23. The monoisotopic (exact) mass is 374 g/mol. The van der Waals surface area contributed by atoms with Gasteiger partial charge in [-0.15, -0.1) is 0 Å². The van der Waals surface area contributed by atoms with Gasteiger partial charge in [-0.25, -0.2) is 4.98 Å². The summed E-state index contributed by atoms with van der Waals surface area (Å²) in [6, 6.07) is 11.6. The summed E-state index contributed by atoms with van der Waals surface area (Å²) in [4.78, 5) is 29.0. The van der Waals surface area contributed by atoms with Gasteiger partial charge in [-0.3, -0.25) is 19.5 Å². The average Bonchev–Trinajstić information content (AvgIpc) is 3.07. The normalized spacial score (nSPS) is 15.9. The Hall–Kier alpha value is -2.57. The highest BCUT2D eigenvalue weighted by atomic mass is 35.5. The van der Waals surface area contributed by atoms with Gasteiger partial charge in [0.1, 0.15) is 6.04 Å². The number of fused-ring (bicyclic) bond motifs is 3. The lowest BCUT2D eigenvalue weighted by molar-refractivity contribution is -0.123. The molecule has 1 aromatic heterocycles. The van der Waals surface area contributed by atoms with Crippen LogP contribution in [0.15, 0.2) is 42.5 Å². The Morgan fingerprint density at radius 3 is 2.80 bits per heavy atom. The van der Waals surface area contributed by atoms with Crippen LogP contribution in [-0.2, 0) is 9.59 Å². The van der Waals surface area contributed by atoms with Crippen molar-refractivity contribution in [3.05, 3.63) is 52.5 Å². The molecule has 1 aliphatic heterocycles. The van der Waals surface area contributed by atoms with Crippen molar-refractivity contribution in [1.82, 2.24) is 9.55 Å². The first-order chi connectivity index (χ1) is 12.0. The van der Waals surface area contributed by atoms with E-state index in [1.807, 2.05) is 24.3 Å². The Kier molecular flexibility index (Phi) is 3.86. The van der Waals surface area contributed by atoms with Crippen LogP contribution in [0.2, 0.25) is 10.0 Å². The molecule has 1 aliphatic rings. The van der Waals surface area contributed by atoms with Crippen LogP contribution in [0.5, 0.6) is 0 Å². The number of imidazole rings is 1. The Morgan fingerprint density at radius 1 is 1.20 bits per heavy atom. The molecule has 8 heteroatoms. The van der Waals surface area contributed by atoms with Gasteiger partial charge in [-0.1, -0.05) is 35.3 Å². The molecule has 0 unspecified atom stereocenters. The molecule has 25 heavy (non-hydrogen) atoms. The average molecular weight is 375 g/mol. The Morgan fingerprint density at radius 2 is 2.00 bits per heavy atom. The van der Waals surface area contributed by atoms with E-state index in [-0.39, 0.29) is 18.2 Å². The standard InChI is InChI=1S/C17H12Cl2N4O2/c18-10-6-5-9(7-11(10)19)20-15(24)8-14-16(25)22-17-21-12-3-1-2-4-13(12)23(14)17/h1-7,14H,8H2,(H,20,24)(H,21,22,25)/t14-/m0/s1. The second kappa shape index (κ2) is 6.06. The van der Waals surface area contributed by atoms with Gasteiger partial charge < -0.3 is 5.32 Å². The molecule has 0 spiro atoms. The molecule has 1 atom stereocenters. The number of aromatic nitrogens is 2. The number of nitrogens with one attached hydrogen (secondary N) is 2. The van der Waals surface area contributed by atoms with Crippen molar-refractivity contribution in [2.75, 3.05) is 10.6 Å². The largest absolute Gasteiger partial charge is 0.326 e. The van der Waals surface area contributed by atoms with Gasteiger partial charge in [0.05, 0.1) is 27.5 Å². The van der Waals surface area contributed by atoms with Crippen LogP contribution < -0.4 is 10.6 Å². The van der Waals surface area contributed by atoms with Crippen LogP contribution in [0.1, 0.15) is 12.5 Å². The summed E-state index contributed by atoms with van der Waals surface area (Å²) in [7, 11) is 0. The van der Waals surface area contributed by atoms with E-state index in [1.54, 1.807) is 22.8 Å². The number of hydrogen-bond donors (Lipinski definition) is 2. The summed E-state index contributed by atoms with van der Waals surface area (Å²) in [5.74, 6) is -0.0970. The van der Waals surface area contributed by atoms with Crippen LogP contribution >= 0.6 is 23.2 Å². The number of halogens is 2. The number of anilines is 2. The second-order valence-corrected chi connectivity index (χ2v) is 6.49. The zero-order chi connectivity index (χ0) is 17.6. The van der Waals surface area contributed by atoms with E-state index in [0.29, 0.717) is 21.7 Å². The van der Waals surface area contributed by atoms with Crippen molar-refractivity contribution < 1.29 is 9.59 Å². The molecule has 2 N–H and O–H groups in total. The van der Waals surface area contributed by atoms with E-state index < -0.39 is 6.04 Å². The number of benzene rings is 2. The van der Waals surface area contributed by atoms with E-state index in [1.165, 1.54) is 0 Å². The molecule has 0 fully saturated rings. The number of carbonyl (C=O) groups is 2. The highest BCUT2D eigenvalue weighted by Crippen LogP contribution is 2.32. The van der Waals surface area contributed by atoms with Gasteiger partial charge >= 0.3 is 0 Å². The van der Waals surface area contributed by atoms with Crippen molar-refractivity contribution >= 4 is 57.7 Å². The van der Waals surface area contributed by atoms with Gasteiger partial charge in [-0.05, 0) is 30.3 Å². The Labute approximate surface area is 152 Å². The van der Waals surface area contributed by atoms with Crippen LogP contribution in [0.4, 0.5) is 11.6 Å². The number of para-hydroxylation sites is 2. The third-order valence-electron chi connectivity index (χ3n) is 4.03. The van der Waals surface area contributed by atoms with Gasteiger partial charge in [0.2, 0.25) is 17.8 Å². The number of carbonyl (C=O) groups excluding carboxylic acids is 2. The molecular weight excluding hydrogens is 363 g/mol. The first-order valence-corrected chi connectivity index (χ1v) is 8.31. The van der Waals surface area contributed by atoms with Crippen LogP contribution in [0.25, 0.3) is 11.0 Å². The summed E-state index contributed by atoms with van der Waals surface area (Å²) in [5, 5.41) is 6.20. The van der Waals surface area contributed by atoms with Crippen LogP contribution in [0.3, 0.4) is 0 Å². The SMILES string of the molecule is O=C(C[C@H]1C(=O)Nc2nc3ccccc3n21)Nc1ccc(Cl)c(Cl)c1. The lowest BCUT2D eigenvalue weighted by Gasteiger charge is -2.12. The number of hydrogen-bond acceptors (Lipinski definition) is 3. The van der Waals surface area contributed by atoms with Crippen molar-refractivity contribution in [2.45, 2.75) is 12.5 Å². The number of nitrogens with zero attached hydrogens (tertiary/aromatic N) is 2. The molecule has 0 saturated carbocycles. The fourth-order valence-corrected chi connectivity index (χ4v) is 3.20. The van der Waals surface area contributed by atoms with Crippen LogP contribution in [-0.4, -0.2) is 21.4 Å². The van der Waals surface area contributed by atoms with Crippen LogP contribution in [0, 0.1) is 0 Å². The third kappa shape index (κ3) is 2.83. The number of rotatable bonds is 3. The highest BCUT2D eigenvalue weighted by molar-refractivity contribution is 6.42. The summed E-state index contributed by atoms with van der Waals surface area (Å²) in [6.07, 6.45) is -0.0145. The first-order valence-electron chi connectivity index (χ1n) is 7.55. The van der Waals surface area contributed by atoms with Gasteiger partial charge in [0.25, 0.3) is 0 Å². The fourth-order valence-electron chi connectivity index (χ4n) is 2.90.